The van der Waals surface area contributed by atoms with E-state index in [-0.39, 0.29) is 41.4 Å². The molecule has 2 N–H and O–H groups in total. The van der Waals surface area contributed by atoms with Crippen molar-refractivity contribution in [3.05, 3.63) is 65.4 Å². The van der Waals surface area contributed by atoms with Gasteiger partial charge in [-0.15, -0.1) is 0 Å². The lowest BCUT2D eigenvalue weighted by atomic mass is 10.1. The zero-order chi connectivity index (χ0) is 30.9. The van der Waals surface area contributed by atoms with Crippen LogP contribution in [-0.2, 0) is 17.5 Å². The van der Waals surface area contributed by atoms with Gasteiger partial charge in [-0.3, -0.25) is 9.59 Å². The minimum absolute atomic E-state index is 0.00966. The molecule has 2 amide bonds. The molecule has 3 aromatic rings. The molecule has 1 saturated carbocycles. The number of methoxy groups -OCH3 is 1. The van der Waals surface area contributed by atoms with Crippen LogP contribution in [0.4, 0.5) is 45.1 Å². The number of carbonyl (C=O) groups is 2. The summed E-state index contributed by atoms with van der Waals surface area (Å²) in [6.07, 6.45) is 0.0677. The average molecular weight is 605 g/mol. The lowest BCUT2D eigenvalue weighted by molar-refractivity contribution is -0.140. The van der Waals surface area contributed by atoms with Crippen LogP contribution >= 0.6 is 0 Å². The first-order valence-corrected chi connectivity index (χ1v) is 13.6. The summed E-state index contributed by atoms with van der Waals surface area (Å²) in [5.41, 5.74) is 0.499. The Kier molecular flexibility index (Phi) is 8.12. The predicted molar refractivity (Wildman–Crippen MR) is 149 cm³/mol. The van der Waals surface area contributed by atoms with Gasteiger partial charge in [0.05, 0.1) is 31.1 Å². The zero-order valence-corrected chi connectivity index (χ0v) is 23.3. The minimum atomic E-state index is -4.45. The highest BCUT2D eigenvalue weighted by atomic mass is 19.4. The number of amides is 2. The number of fused-ring (bicyclic) bond motifs is 1. The Hall–Kier alpha value is -4.49. The number of hydrogen-bond acceptors (Lipinski definition) is 7. The van der Waals surface area contributed by atoms with E-state index in [0.29, 0.717) is 24.1 Å². The van der Waals surface area contributed by atoms with Crippen molar-refractivity contribution in [3.63, 3.8) is 0 Å². The molecule has 14 heteroatoms. The number of hydrogen-bond donors (Lipinski definition) is 2. The molecule has 1 fully saturated rings. The molecule has 0 bridgehead atoms. The molecule has 0 atom stereocenters. The van der Waals surface area contributed by atoms with E-state index >= 15 is 0 Å². The summed E-state index contributed by atoms with van der Waals surface area (Å²) in [6.45, 7) is -0.778. The molecule has 2 heterocycles. The predicted octanol–water partition coefficient (Wildman–Crippen LogP) is 5.54. The van der Waals surface area contributed by atoms with Crippen LogP contribution in [0.25, 0.3) is 0 Å². The first-order valence-electron chi connectivity index (χ1n) is 13.6. The molecule has 228 valence electrons. The maximum atomic E-state index is 14.8. The third-order valence-electron chi connectivity index (χ3n) is 7.58. The van der Waals surface area contributed by atoms with Gasteiger partial charge < -0.3 is 25.2 Å². The molecule has 0 saturated heterocycles. The summed E-state index contributed by atoms with van der Waals surface area (Å²) in [7, 11) is 2.67. The number of nitrogens with one attached hydrogen (secondary N) is 2. The quantitative estimate of drug-likeness (QED) is 0.342. The number of alkyl halides is 5. The van der Waals surface area contributed by atoms with E-state index in [2.05, 4.69) is 20.6 Å². The molecule has 1 aromatic heterocycles. The highest BCUT2D eigenvalue weighted by Gasteiger charge is 2.48. The average Bonchev–Trinajstić information content (AvgIpc) is 3.51. The second-order valence-corrected chi connectivity index (χ2v) is 10.5. The van der Waals surface area contributed by atoms with E-state index in [1.54, 1.807) is 6.07 Å². The smallest absolute Gasteiger partial charge is 0.416 e. The van der Waals surface area contributed by atoms with Crippen LogP contribution in [0.1, 0.15) is 47.2 Å². The van der Waals surface area contributed by atoms with E-state index in [4.69, 9.17) is 4.74 Å². The standard InChI is InChI=1S/C29H29F5N6O3/c1-39-22-15-36-27(38-24(22)40(20-5-3-4-6-20)16-28(30,31)26(39)42)37-21-12-9-18(13-23(21)43-2)25(41)35-14-17-7-10-19(11-8-17)29(32,33)34/h7-13,15,20H,3-6,14,16H2,1-2H3,(H,35,41)(H,36,37,38). The van der Waals surface area contributed by atoms with E-state index in [9.17, 15) is 31.5 Å². The summed E-state index contributed by atoms with van der Waals surface area (Å²) in [4.78, 5) is 36.4. The molecule has 1 aliphatic carbocycles. The van der Waals surface area contributed by atoms with Crippen LogP contribution in [0, 0.1) is 0 Å². The third kappa shape index (κ3) is 6.32. The highest BCUT2D eigenvalue weighted by molar-refractivity contribution is 6.02. The fourth-order valence-electron chi connectivity index (χ4n) is 5.26. The lowest BCUT2D eigenvalue weighted by Crippen LogP contribution is -2.48. The number of carbonyl (C=O) groups excluding carboxylic acids is 2. The van der Waals surface area contributed by atoms with Gasteiger partial charge in [-0.25, -0.2) is 4.98 Å². The van der Waals surface area contributed by atoms with Crippen molar-refractivity contribution in [3.8, 4) is 5.75 Å². The second kappa shape index (κ2) is 11.7. The first kappa shape index (κ1) is 30.0. The third-order valence-corrected chi connectivity index (χ3v) is 7.58. The van der Waals surface area contributed by atoms with E-state index in [1.165, 1.54) is 49.5 Å². The van der Waals surface area contributed by atoms with Crippen molar-refractivity contribution >= 4 is 35.0 Å². The van der Waals surface area contributed by atoms with Crippen molar-refractivity contribution in [1.82, 2.24) is 15.3 Å². The van der Waals surface area contributed by atoms with Crippen molar-refractivity contribution in [2.45, 2.75) is 50.4 Å². The van der Waals surface area contributed by atoms with E-state index < -0.39 is 36.0 Å². The highest BCUT2D eigenvalue weighted by Crippen LogP contribution is 2.40. The number of nitrogens with zero attached hydrogens (tertiary/aromatic N) is 4. The summed E-state index contributed by atoms with van der Waals surface area (Å²) in [5.74, 6) is -4.86. The fraction of sp³-hybridized carbons (Fsp3) is 0.379. The molecule has 43 heavy (non-hydrogen) atoms. The zero-order valence-electron chi connectivity index (χ0n) is 23.3. The van der Waals surface area contributed by atoms with Gasteiger partial charge in [0.15, 0.2) is 5.82 Å². The lowest BCUT2D eigenvalue weighted by Gasteiger charge is -2.31. The van der Waals surface area contributed by atoms with Crippen molar-refractivity contribution < 1.29 is 36.3 Å². The topological polar surface area (TPSA) is 99.7 Å². The number of ether oxygens (including phenoxy) is 1. The van der Waals surface area contributed by atoms with Gasteiger partial charge in [-0.1, -0.05) is 25.0 Å². The van der Waals surface area contributed by atoms with Gasteiger partial charge in [0, 0.05) is 25.2 Å². The number of benzene rings is 2. The first-order chi connectivity index (χ1) is 20.4. The van der Waals surface area contributed by atoms with Crippen LogP contribution in [0.3, 0.4) is 0 Å². The Labute approximate surface area is 244 Å². The van der Waals surface area contributed by atoms with Crippen LogP contribution in [0.15, 0.2) is 48.7 Å². The minimum Gasteiger partial charge on any atom is -0.495 e. The van der Waals surface area contributed by atoms with E-state index in [0.717, 1.165) is 29.9 Å². The molecule has 0 radical (unpaired) electrons. The summed E-state index contributed by atoms with van der Waals surface area (Å²) in [6, 6.07) is 8.81. The summed E-state index contributed by atoms with van der Waals surface area (Å²) in [5, 5.41) is 5.66. The monoisotopic (exact) mass is 604 g/mol. The maximum absolute atomic E-state index is 14.8. The Balaban J connectivity index is 1.34. The van der Waals surface area contributed by atoms with Crippen molar-refractivity contribution in [2.24, 2.45) is 0 Å². The number of rotatable bonds is 7. The molecule has 2 aliphatic rings. The Morgan fingerprint density at radius 1 is 1.12 bits per heavy atom. The molecule has 0 unspecified atom stereocenters. The normalized spacial score (nSPS) is 17.0. The molecular weight excluding hydrogens is 575 g/mol. The van der Waals surface area contributed by atoms with Crippen LogP contribution in [0.5, 0.6) is 5.75 Å². The molecule has 1 aliphatic heterocycles. The number of halogens is 5. The summed E-state index contributed by atoms with van der Waals surface area (Å²) < 4.78 is 73.5. The Bertz CT molecular complexity index is 1510. The maximum Gasteiger partial charge on any atom is 0.416 e. The Morgan fingerprint density at radius 3 is 2.47 bits per heavy atom. The van der Waals surface area contributed by atoms with Gasteiger partial charge in [0.2, 0.25) is 5.95 Å². The molecule has 9 nitrogen and oxygen atoms in total. The van der Waals surface area contributed by atoms with Crippen LogP contribution < -0.4 is 25.2 Å². The SMILES string of the molecule is COc1cc(C(=O)NCc2ccc(C(F)(F)F)cc2)ccc1Nc1ncc2c(n1)N(C1CCCC1)CC(F)(F)C(=O)N2C. The van der Waals surface area contributed by atoms with Gasteiger partial charge >= 0.3 is 12.1 Å². The van der Waals surface area contributed by atoms with Crippen LogP contribution in [-0.4, -0.2) is 54.4 Å². The summed E-state index contributed by atoms with van der Waals surface area (Å²) >= 11 is 0. The van der Waals surface area contributed by atoms with Gasteiger partial charge in [-0.2, -0.15) is 26.9 Å². The molecule has 2 aromatic carbocycles. The second-order valence-electron chi connectivity index (χ2n) is 10.5. The molecular formula is C29H29F5N6O3. The fourth-order valence-corrected chi connectivity index (χ4v) is 5.26. The van der Waals surface area contributed by atoms with Crippen molar-refractivity contribution in [1.29, 1.82) is 0 Å². The number of anilines is 4. The Morgan fingerprint density at radius 2 is 1.81 bits per heavy atom. The van der Waals surface area contributed by atoms with Gasteiger partial charge in [0.25, 0.3) is 11.8 Å². The largest absolute Gasteiger partial charge is 0.495 e. The number of aromatic nitrogens is 2. The van der Waals surface area contributed by atoms with Crippen molar-refractivity contribution in [2.75, 3.05) is 35.8 Å². The molecule has 5 rings (SSSR count). The molecule has 0 spiro atoms. The van der Waals surface area contributed by atoms with Gasteiger partial charge in [0.1, 0.15) is 11.4 Å². The van der Waals surface area contributed by atoms with Crippen LogP contribution in [0.2, 0.25) is 0 Å². The van der Waals surface area contributed by atoms with E-state index in [1.807, 2.05) is 0 Å². The van der Waals surface area contributed by atoms with Gasteiger partial charge in [-0.05, 0) is 48.7 Å².